The van der Waals surface area contributed by atoms with Gasteiger partial charge in [-0.3, -0.25) is 0 Å². The average molecular weight is 464 g/mol. The van der Waals surface area contributed by atoms with Crippen LogP contribution >= 0.6 is 0 Å². The van der Waals surface area contributed by atoms with E-state index < -0.39 is 5.41 Å². The Morgan fingerprint density at radius 1 is 1.06 bits per heavy atom. The van der Waals surface area contributed by atoms with Gasteiger partial charge in [-0.05, 0) is 37.8 Å². The Labute approximate surface area is 196 Å². The van der Waals surface area contributed by atoms with Crippen LogP contribution in [0, 0.1) is 5.41 Å². The standard InChI is InChI=1S/C24H29N7O3/c32-12-24(13-33)5-7-30(8-6-24)23-28-20(21-22(29-23)26-14-25-21)16-1-2-19-18(11-16)27-15-31(19)17-3-9-34-10-4-17/h1-2,11,14-15,17,32-33H,3-10,12-13H2,(H,25,26,28,29). The molecule has 178 valence electrons. The zero-order chi connectivity index (χ0) is 23.1. The van der Waals surface area contributed by atoms with Crippen molar-refractivity contribution in [1.29, 1.82) is 0 Å². The molecule has 2 aliphatic heterocycles. The number of hydrogen-bond acceptors (Lipinski definition) is 8. The Bertz CT molecular complexity index is 1300. The monoisotopic (exact) mass is 463 g/mol. The molecular weight excluding hydrogens is 434 g/mol. The summed E-state index contributed by atoms with van der Waals surface area (Å²) in [6.07, 6.45) is 6.96. The lowest BCUT2D eigenvalue weighted by Gasteiger charge is -2.39. The van der Waals surface area contributed by atoms with Crippen molar-refractivity contribution in [2.75, 3.05) is 44.4 Å². The van der Waals surface area contributed by atoms with Crippen molar-refractivity contribution < 1.29 is 14.9 Å². The Balaban J connectivity index is 1.35. The van der Waals surface area contributed by atoms with Gasteiger partial charge in [-0.2, -0.15) is 4.98 Å². The Morgan fingerprint density at radius 2 is 1.85 bits per heavy atom. The van der Waals surface area contributed by atoms with E-state index in [1.54, 1.807) is 6.33 Å². The quantitative estimate of drug-likeness (QED) is 0.412. The van der Waals surface area contributed by atoms with Crippen LogP contribution in [-0.4, -0.2) is 79.2 Å². The molecule has 0 spiro atoms. The average Bonchev–Trinajstić information content (AvgIpc) is 3.55. The summed E-state index contributed by atoms with van der Waals surface area (Å²) in [7, 11) is 0. The third kappa shape index (κ3) is 3.62. The second-order valence-corrected chi connectivity index (χ2v) is 9.47. The van der Waals surface area contributed by atoms with Crippen LogP contribution < -0.4 is 4.90 Å². The van der Waals surface area contributed by atoms with Gasteiger partial charge >= 0.3 is 0 Å². The number of imidazole rings is 2. The number of anilines is 1. The van der Waals surface area contributed by atoms with Crippen molar-refractivity contribution in [3.05, 3.63) is 30.9 Å². The van der Waals surface area contributed by atoms with Gasteiger partial charge in [0.05, 0.1) is 36.9 Å². The largest absolute Gasteiger partial charge is 0.396 e. The fourth-order valence-electron chi connectivity index (χ4n) is 5.15. The van der Waals surface area contributed by atoms with Gasteiger partial charge in [0.1, 0.15) is 11.2 Å². The lowest BCUT2D eigenvalue weighted by Crippen LogP contribution is -2.44. The minimum absolute atomic E-state index is 0.0103. The molecule has 3 aromatic heterocycles. The van der Waals surface area contributed by atoms with E-state index in [0.29, 0.717) is 43.6 Å². The van der Waals surface area contributed by atoms with Gasteiger partial charge in [0.25, 0.3) is 0 Å². The fraction of sp³-hybridized carbons (Fsp3) is 0.500. The number of ether oxygens (including phenoxy) is 1. The molecular formula is C24H29N7O3. The van der Waals surface area contributed by atoms with Gasteiger partial charge < -0.3 is 29.4 Å². The highest BCUT2D eigenvalue weighted by molar-refractivity contribution is 5.91. The summed E-state index contributed by atoms with van der Waals surface area (Å²) in [5, 5.41) is 19.5. The van der Waals surface area contributed by atoms with Gasteiger partial charge in [-0.1, -0.05) is 6.07 Å². The van der Waals surface area contributed by atoms with Gasteiger partial charge in [-0.25, -0.2) is 15.0 Å². The second-order valence-electron chi connectivity index (χ2n) is 9.47. The van der Waals surface area contributed by atoms with Crippen LogP contribution in [0.3, 0.4) is 0 Å². The van der Waals surface area contributed by atoms with Crippen molar-refractivity contribution in [2.45, 2.75) is 31.7 Å². The van der Waals surface area contributed by atoms with Crippen LogP contribution in [0.1, 0.15) is 31.7 Å². The molecule has 4 aromatic rings. The van der Waals surface area contributed by atoms with Gasteiger partial charge in [-0.15, -0.1) is 0 Å². The third-order valence-corrected chi connectivity index (χ3v) is 7.48. The van der Waals surface area contributed by atoms with E-state index in [4.69, 9.17) is 14.7 Å². The number of aliphatic hydroxyl groups excluding tert-OH is 2. The number of aromatic nitrogens is 6. The lowest BCUT2D eigenvalue weighted by molar-refractivity contribution is 0.0338. The molecule has 0 aliphatic carbocycles. The van der Waals surface area contributed by atoms with Crippen LogP contribution in [0.25, 0.3) is 33.5 Å². The zero-order valence-corrected chi connectivity index (χ0v) is 19.0. The van der Waals surface area contributed by atoms with Crippen LogP contribution in [0.4, 0.5) is 5.95 Å². The van der Waals surface area contributed by atoms with Crippen molar-refractivity contribution in [1.82, 2.24) is 29.5 Å². The summed E-state index contributed by atoms with van der Waals surface area (Å²) in [6, 6.07) is 6.69. The molecule has 2 aliphatic rings. The van der Waals surface area contributed by atoms with E-state index in [1.165, 1.54) is 0 Å². The number of benzene rings is 1. The number of nitrogens with zero attached hydrogens (tertiary/aromatic N) is 6. The molecule has 0 saturated carbocycles. The van der Waals surface area contributed by atoms with Crippen LogP contribution in [0.2, 0.25) is 0 Å². The Morgan fingerprint density at radius 3 is 2.62 bits per heavy atom. The molecule has 5 heterocycles. The minimum atomic E-state index is -0.425. The molecule has 0 atom stereocenters. The number of aliphatic hydroxyl groups is 2. The molecule has 10 nitrogen and oxygen atoms in total. The van der Waals surface area contributed by atoms with Crippen LogP contribution in [0.15, 0.2) is 30.9 Å². The fourth-order valence-corrected chi connectivity index (χ4v) is 5.15. The maximum atomic E-state index is 9.74. The van der Waals surface area contributed by atoms with Crippen molar-refractivity contribution in [3.8, 4) is 11.3 Å². The first kappa shape index (κ1) is 21.5. The molecule has 2 fully saturated rings. The molecule has 3 N–H and O–H groups in total. The van der Waals surface area contributed by atoms with Crippen molar-refractivity contribution in [2.24, 2.45) is 5.41 Å². The summed E-state index contributed by atoms with van der Waals surface area (Å²) in [6.45, 7) is 2.91. The molecule has 0 amide bonds. The third-order valence-electron chi connectivity index (χ3n) is 7.48. The topological polar surface area (TPSA) is 125 Å². The summed E-state index contributed by atoms with van der Waals surface area (Å²) < 4.78 is 7.78. The maximum absolute atomic E-state index is 9.74. The second kappa shape index (κ2) is 8.61. The molecule has 6 rings (SSSR count). The molecule has 0 bridgehead atoms. The zero-order valence-electron chi connectivity index (χ0n) is 19.0. The predicted molar refractivity (Wildman–Crippen MR) is 128 cm³/mol. The molecule has 0 unspecified atom stereocenters. The number of nitrogens with one attached hydrogen (secondary N) is 1. The van der Waals surface area contributed by atoms with E-state index in [9.17, 15) is 10.2 Å². The number of aromatic amines is 1. The normalized spacial score (nSPS) is 19.3. The Kier molecular flexibility index (Phi) is 5.43. The predicted octanol–water partition coefficient (Wildman–Crippen LogP) is 2.29. The SMILES string of the molecule is OCC1(CO)CCN(c2nc(-c3ccc4c(c3)ncn4C3CCOCC3)c3nc[nH]c3n2)CC1. The van der Waals surface area contributed by atoms with Gasteiger partial charge in [0.15, 0.2) is 5.65 Å². The van der Waals surface area contributed by atoms with Gasteiger partial charge in [0, 0.05) is 43.3 Å². The molecule has 10 heteroatoms. The first-order valence-electron chi connectivity index (χ1n) is 11.9. The van der Waals surface area contributed by atoms with Crippen LogP contribution in [-0.2, 0) is 4.74 Å². The molecule has 1 aromatic carbocycles. The summed E-state index contributed by atoms with van der Waals surface area (Å²) in [5.41, 5.74) is 4.75. The van der Waals surface area contributed by atoms with Crippen molar-refractivity contribution in [3.63, 3.8) is 0 Å². The first-order valence-corrected chi connectivity index (χ1v) is 11.9. The van der Waals surface area contributed by atoms with E-state index >= 15 is 0 Å². The van der Waals surface area contributed by atoms with Gasteiger partial charge in [0.2, 0.25) is 5.95 Å². The number of rotatable bonds is 5. The molecule has 2 saturated heterocycles. The lowest BCUT2D eigenvalue weighted by atomic mass is 9.80. The van der Waals surface area contributed by atoms with Crippen LogP contribution in [0.5, 0.6) is 0 Å². The number of fused-ring (bicyclic) bond motifs is 2. The summed E-state index contributed by atoms with van der Waals surface area (Å²) in [5.74, 6) is 0.629. The summed E-state index contributed by atoms with van der Waals surface area (Å²) >= 11 is 0. The Hall–Kier alpha value is -3.08. The molecule has 0 radical (unpaired) electrons. The number of hydrogen-bond donors (Lipinski definition) is 3. The van der Waals surface area contributed by atoms with E-state index in [0.717, 1.165) is 53.9 Å². The van der Waals surface area contributed by atoms with E-state index in [-0.39, 0.29) is 13.2 Å². The highest BCUT2D eigenvalue weighted by Crippen LogP contribution is 2.34. The van der Waals surface area contributed by atoms with E-state index in [1.807, 2.05) is 6.33 Å². The van der Waals surface area contributed by atoms with E-state index in [2.05, 4.69) is 42.6 Å². The maximum Gasteiger partial charge on any atom is 0.228 e. The smallest absolute Gasteiger partial charge is 0.228 e. The van der Waals surface area contributed by atoms with Crippen molar-refractivity contribution >= 4 is 28.1 Å². The minimum Gasteiger partial charge on any atom is -0.396 e. The summed E-state index contributed by atoms with van der Waals surface area (Å²) in [4.78, 5) is 24.1. The number of piperidine rings is 1. The highest BCUT2D eigenvalue weighted by atomic mass is 16.5. The highest BCUT2D eigenvalue weighted by Gasteiger charge is 2.34. The molecule has 34 heavy (non-hydrogen) atoms. The first-order chi connectivity index (χ1) is 16.7. The number of H-pyrrole nitrogens is 1.